The molecule has 1 saturated carbocycles. The zero-order chi connectivity index (χ0) is 15.5. The van der Waals surface area contributed by atoms with Crippen LogP contribution < -0.4 is 5.32 Å². The van der Waals surface area contributed by atoms with Crippen molar-refractivity contribution in [3.05, 3.63) is 0 Å². The van der Waals surface area contributed by atoms with Gasteiger partial charge in [-0.05, 0) is 65.3 Å². The Balaban J connectivity index is 1.67. The molecule has 2 aliphatic rings. The predicted octanol–water partition coefficient (Wildman–Crippen LogP) is 2.14. The first-order valence-corrected chi connectivity index (χ1v) is 8.24. The number of hydrogen-bond donors (Lipinski definition) is 2. The molecule has 1 heterocycles. The van der Waals surface area contributed by atoms with Crippen molar-refractivity contribution >= 4 is 6.09 Å². The van der Waals surface area contributed by atoms with Crippen molar-refractivity contribution in [2.75, 3.05) is 19.6 Å². The van der Waals surface area contributed by atoms with E-state index in [0.29, 0.717) is 5.92 Å². The van der Waals surface area contributed by atoms with Gasteiger partial charge in [-0.2, -0.15) is 0 Å². The van der Waals surface area contributed by atoms with Gasteiger partial charge in [-0.25, -0.2) is 4.79 Å². The maximum atomic E-state index is 12.0. The quantitative estimate of drug-likeness (QED) is 0.838. The second kappa shape index (κ2) is 6.97. The van der Waals surface area contributed by atoms with Gasteiger partial charge in [0.25, 0.3) is 0 Å². The maximum Gasteiger partial charge on any atom is 0.410 e. The number of aliphatic hydroxyl groups is 1. The SMILES string of the molecule is CC(C)(C)OC(=O)N1CCC(CNC2CCCC2O)CC1. The number of hydrogen-bond acceptors (Lipinski definition) is 4. The molecule has 5 nitrogen and oxygen atoms in total. The number of piperidine rings is 1. The number of aliphatic hydroxyl groups excluding tert-OH is 1. The Bertz CT molecular complexity index is 346. The van der Waals surface area contributed by atoms with Crippen molar-refractivity contribution < 1.29 is 14.6 Å². The van der Waals surface area contributed by atoms with Gasteiger partial charge in [0.15, 0.2) is 0 Å². The van der Waals surface area contributed by atoms with Crippen molar-refractivity contribution in [3.8, 4) is 0 Å². The number of nitrogens with one attached hydrogen (secondary N) is 1. The van der Waals surface area contributed by atoms with E-state index in [4.69, 9.17) is 4.74 Å². The van der Waals surface area contributed by atoms with Gasteiger partial charge in [0.05, 0.1) is 6.10 Å². The fourth-order valence-corrected chi connectivity index (χ4v) is 3.14. The van der Waals surface area contributed by atoms with E-state index >= 15 is 0 Å². The molecule has 2 rings (SSSR count). The Labute approximate surface area is 128 Å². The van der Waals surface area contributed by atoms with E-state index in [0.717, 1.165) is 51.7 Å². The highest BCUT2D eigenvalue weighted by Crippen LogP contribution is 2.22. The van der Waals surface area contributed by atoms with E-state index in [9.17, 15) is 9.90 Å². The average Bonchev–Trinajstić information content (AvgIpc) is 2.80. The first-order valence-electron chi connectivity index (χ1n) is 8.24. The second-order valence-corrected chi connectivity index (χ2v) is 7.42. The Morgan fingerprint density at radius 1 is 1.24 bits per heavy atom. The minimum absolute atomic E-state index is 0.174. The summed E-state index contributed by atoms with van der Waals surface area (Å²) in [6.45, 7) is 8.18. The van der Waals surface area contributed by atoms with Crippen LogP contribution in [-0.2, 0) is 4.74 Å². The molecule has 0 bridgehead atoms. The van der Waals surface area contributed by atoms with Crippen LogP contribution in [0.25, 0.3) is 0 Å². The van der Waals surface area contributed by atoms with Gasteiger partial charge in [0.1, 0.15) is 5.60 Å². The van der Waals surface area contributed by atoms with Gasteiger partial charge in [-0.3, -0.25) is 0 Å². The zero-order valence-electron chi connectivity index (χ0n) is 13.6. The summed E-state index contributed by atoms with van der Waals surface area (Å²) in [5, 5.41) is 13.3. The van der Waals surface area contributed by atoms with Crippen LogP contribution >= 0.6 is 0 Å². The summed E-state index contributed by atoms with van der Waals surface area (Å²) in [5.41, 5.74) is -0.423. The smallest absolute Gasteiger partial charge is 0.410 e. The largest absolute Gasteiger partial charge is 0.444 e. The number of carbonyl (C=O) groups excluding carboxylic acids is 1. The Hall–Kier alpha value is -0.810. The number of amides is 1. The van der Waals surface area contributed by atoms with Crippen molar-refractivity contribution in [1.82, 2.24) is 10.2 Å². The fraction of sp³-hybridized carbons (Fsp3) is 0.938. The highest BCUT2D eigenvalue weighted by Gasteiger charge is 2.29. The second-order valence-electron chi connectivity index (χ2n) is 7.42. The molecule has 2 atom stereocenters. The third kappa shape index (κ3) is 5.15. The van der Waals surface area contributed by atoms with Gasteiger partial charge in [-0.1, -0.05) is 0 Å². The standard InChI is InChI=1S/C16H30N2O3/c1-16(2,3)21-15(20)18-9-7-12(8-10-18)11-17-13-5-4-6-14(13)19/h12-14,17,19H,4-11H2,1-3H3. The van der Waals surface area contributed by atoms with Crippen molar-refractivity contribution in [1.29, 1.82) is 0 Å². The molecule has 2 N–H and O–H groups in total. The highest BCUT2D eigenvalue weighted by atomic mass is 16.6. The number of carbonyl (C=O) groups is 1. The lowest BCUT2D eigenvalue weighted by atomic mass is 9.96. The van der Waals surface area contributed by atoms with Crippen molar-refractivity contribution in [2.45, 2.75) is 70.6 Å². The molecule has 0 aromatic rings. The van der Waals surface area contributed by atoms with Crippen molar-refractivity contribution in [3.63, 3.8) is 0 Å². The molecular weight excluding hydrogens is 268 g/mol. The molecule has 2 fully saturated rings. The van der Waals surface area contributed by atoms with Crippen LogP contribution in [0.15, 0.2) is 0 Å². The molecule has 0 radical (unpaired) electrons. The highest BCUT2D eigenvalue weighted by molar-refractivity contribution is 5.68. The van der Waals surface area contributed by atoms with E-state index in [1.165, 1.54) is 0 Å². The van der Waals surface area contributed by atoms with Gasteiger partial charge < -0.3 is 20.1 Å². The van der Waals surface area contributed by atoms with Crippen LogP contribution in [0, 0.1) is 5.92 Å². The Morgan fingerprint density at radius 3 is 2.43 bits per heavy atom. The lowest BCUT2D eigenvalue weighted by molar-refractivity contribution is 0.0182. The average molecular weight is 298 g/mol. The van der Waals surface area contributed by atoms with Crippen LogP contribution in [0.4, 0.5) is 4.79 Å². The molecule has 2 unspecified atom stereocenters. The van der Waals surface area contributed by atoms with Crippen LogP contribution in [0.1, 0.15) is 52.9 Å². The number of ether oxygens (including phenoxy) is 1. The topological polar surface area (TPSA) is 61.8 Å². The molecule has 5 heteroatoms. The van der Waals surface area contributed by atoms with Gasteiger partial charge in [0, 0.05) is 19.1 Å². The zero-order valence-corrected chi connectivity index (χ0v) is 13.6. The van der Waals surface area contributed by atoms with E-state index < -0.39 is 5.60 Å². The summed E-state index contributed by atoms with van der Waals surface area (Å²) >= 11 is 0. The molecule has 0 spiro atoms. The van der Waals surface area contributed by atoms with Crippen LogP contribution in [0.2, 0.25) is 0 Å². The lowest BCUT2D eigenvalue weighted by Gasteiger charge is -2.34. The lowest BCUT2D eigenvalue weighted by Crippen LogP contribution is -2.45. The normalized spacial score (nSPS) is 27.9. The monoisotopic (exact) mass is 298 g/mol. The molecule has 1 aliphatic heterocycles. The van der Waals surface area contributed by atoms with Crippen molar-refractivity contribution in [2.24, 2.45) is 5.92 Å². The maximum absolute atomic E-state index is 12.0. The Morgan fingerprint density at radius 2 is 1.90 bits per heavy atom. The van der Waals surface area contributed by atoms with E-state index in [-0.39, 0.29) is 18.2 Å². The molecule has 21 heavy (non-hydrogen) atoms. The van der Waals surface area contributed by atoms with Gasteiger partial charge in [0.2, 0.25) is 0 Å². The van der Waals surface area contributed by atoms with Crippen LogP contribution in [0.3, 0.4) is 0 Å². The molecule has 1 amide bonds. The molecule has 1 aliphatic carbocycles. The molecule has 1 saturated heterocycles. The predicted molar refractivity (Wildman–Crippen MR) is 82.2 cm³/mol. The summed E-state index contributed by atoms with van der Waals surface area (Å²) in [7, 11) is 0. The Kier molecular flexibility index (Phi) is 5.49. The first-order chi connectivity index (χ1) is 9.85. The summed E-state index contributed by atoms with van der Waals surface area (Å²) < 4.78 is 5.41. The van der Waals surface area contributed by atoms with E-state index in [1.807, 2.05) is 25.7 Å². The number of rotatable bonds is 3. The minimum atomic E-state index is -0.423. The minimum Gasteiger partial charge on any atom is -0.444 e. The summed E-state index contributed by atoms with van der Waals surface area (Å²) in [6, 6.07) is 0.272. The first kappa shape index (κ1) is 16.6. The molecular formula is C16H30N2O3. The van der Waals surface area contributed by atoms with E-state index in [1.54, 1.807) is 0 Å². The summed E-state index contributed by atoms with van der Waals surface area (Å²) in [5.74, 6) is 0.594. The van der Waals surface area contributed by atoms with Gasteiger partial charge >= 0.3 is 6.09 Å². The third-order valence-electron chi connectivity index (χ3n) is 4.41. The van der Waals surface area contributed by atoms with E-state index in [2.05, 4.69) is 5.32 Å². The third-order valence-corrected chi connectivity index (χ3v) is 4.41. The molecule has 0 aromatic heterocycles. The summed E-state index contributed by atoms with van der Waals surface area (Å²) in [6.07, 6.45) is 4.78. The van der Waals surface area contributed by atoms with Crippen LogP contribution in [-0.4, -0.2) is 53.5 Å². The molecule has 0 aromatic carbocycles. The number of nitrogens with zero attached hydrogens (tertiary/aromatic N) is 1. The molecule has 122 valence electrons. The van der Waals surface area contributed by atoms with Crippen LogP contribution in [0.5, 0.6) is 0 Å². The summed E-state index contributed by atoms with van der Waals surface area (Å²) in [4.78, 5) is 13.8. The number of likely N-dealkylation sites (tertiary alicyclic amines) is 1. The fourth-order valence-electron chi connectivity index (χ4n) is 3.14. The van der Waals surface area contributed by atoms with Gasteiger partial charge in [-0.15, -0.1) is 0 Å².